The minimum Gasteiger partial charge on any atom is -0.475 e. The topological polar surface area (TPSA) is 97.0 Å². The third-order valence-corrected chi connectivity index (χ3v) is 4.04. The molecule has 1 unspecified atom stereocenters. The SMILES string of the molecule is CCC(C)Oc1cc(CNC(=O)c2n[nH]c3ccccc3c2=O)ccn1. The van der Waals surface area contributed by atoms with Gasteiger partial charge >= 0.3 is 0 Å². The van der Waals surface area contributed by atoms with Crippen LogP contribution in [0.2, 0.25) is 0 Å². The van der Waals surface area contributed by atoms with Gasteiger partial charge in [0.15, 0.2) is 5.69 Å². The van der Waals surface area contributed by atoms with E-state index >= 15 is 0 Å². The number of pyridine rings is 1. The van der Waals surface area contributed by atoms with Gasteiger partial charge in [-0.3, -0.25) is 14.7 Å². The molecule has 0 aliphatic carbocycles. The second-order valence-corrected chi connectivity index (χ2v) is 5.97. The number of benzene rings is 1. The number of rotatable bonds is 6. The predicted octanol–water partition coefficient (Wildman–Crippen LogP) is 2.43. The Kier molecular flexibility index (Phi) is 5.26. The predicted molar refractivity (Wildman–Crippen MR) is 98.2 cm³/mol. The van der Waals surface area contributed by atoms with Crippen molar-refractivity contribution < 1.29 is 9.53 Å². The number of aromatic nitrogens is 3. The van der Waals surface area contributed by atoms with Gasteiger partial charge in [-0.05, 0) is 37.1 Å². The zero-order chi connectivity index (χ0) is 18.5. The zero-order valence-electron chi connectivity index (χ0n) is 14.7. The first-order valence-electron chi connectivity index (χ1n) is 8.45. The molecule has 2 aromatic heterocycles. The summed E-state index contributed by atoms with van der Waals surface area (Å²) in [5.41, 5.74) is 0.861. The third kappa shape index (κ3) is 3.88. The molecule has 2 N–H and O–H groups in total. The Morgan fingerprint density at radius 1 is 1.31 bits per heavy atom. The average molecular weight is 352 g/mol. The molecule has 1 amide bonds. The van der Waals surface area contributed by atoms with Crippen molar-refractivity contribution in [1.82, 2.24) is 20.5 Å². The van der Waals surface area contributed by atoms with Gasteiger partial charge in [-0.2, -0.15) is 5.10 Å². The monoisotopic (exact) mass is 352 g/mol. The molecular formula is C19H20N4O3. The highest BCUT2D eigenvalue weighted by atomic mass is 16.5. The molecule has 1 aromatic carbocycles. The molecule has 7 nitrogen and oxygen atoms in total. The van der Waals surface area contributed by atoms with Crippen LogP contribution in [-0.4, -0.2) is 27.2 Å². The lowest BCUT2D eigenvalue weighted by molar-refractivity contribution is 0.0944. The number of ether oxygens (including phenoxy) is 1. The summed E-state index contributed by atoms with van der Waals surface area (Å²) < 4.78 is 5.67. The molecule has 134 valence electrons. The minimum absolute atomic E-state index is 0.0627. The van der Waals surface area contributed by atoms with Gasteiger partial charge in [-0.1, -0.05) is 19.1 Å². The largest absolute Gasteiger partial charge is 0.475 e. The Hall–Kier alpha value is -3.22. The van der Waals surface area contributed by atoms with Crippen LogP contribution in [0.5, 0.6) is 5.88 Å². The molecule has 7 heteroatoms. The number of H-pyrrole nitrogens is 1. The molecule has 3 aromatic rings. The first-order chi connectivity index (χ1) is 12.6. The molecule has 0 aliphatic heterocycles. The summed E-state index contributed by atoms with van der Waals surface area (Å²) in [5, 5.41) is 9.78. The molecule has 0 saturated heterocycles. The number of carbonyl (C=O) groups excluding carboxylic acids is 1. The summed E-state index contributed by atoms with van der Waals surface area (Å²) >= 11 is 0. The van der Waals surface area contributed by atoms with Crippen LogP contribution in [0.1, 0.15) is 36.3 Å². The molecule has 0 fully saturated rings. The lowest BCUT2D eigenvalue weighted by Crippen LogP contribution is -2.30. The number of para-hydroxylation sites is 1. The smallest absolute Gasteiger partial charge is 0.276 e. The van der Waals surface area contributed by atoms with E-state index in [9.17, 15) is 9.59 Å². The van der Waals surface area contributed by atoms with Crippen LogP contribution in [0.25, 0.3) is 10.9 Å². The fourth-order valence-corrected chi connectivity index (χ4v) is 2.41. The fourth-order valence-electron chi connectivity index (χ4n) is 2.41. The van der Waals surface area contributed by atoms with Crippen LogP contribution >= 0.6 is 0 Å². The Bertz CT molecular complexity index is 984. The van der Waals surface area contributed by atoms with E-state index in [1.165, 1.54) is 0 Å². The molecule has 0 saturated carbocycles. The van der Waals surface area contributed by atoms with E-state index in [-0.39, 0.29) is 18.3 Å². The number of fused-ring (bicyclic) bond motifs is 1. The van der Waals surface area contributed by atoms with Crippen molar-refractivity contribution in [2.45, 2.75) is 32.9 Å². The molecule has 1 atom stereocenters. The van der Waals surface area contributed by atoms with Gasteiger partial charge in [0, 0.05) is 24.2 Å². The van der Waals surface area contributed by atoms with Gasteiger partial charge in [0.25, 0.3) is 5.91 Å². The summed E-state index contributed by atoms with van der Waals surface area (Å²) in [6, 6.07) is 10.5. The van der Waals surface area contributed by atoms with E-state index in [0.29, 0.717) is 16.8 Å². The van der Waals surface area contributed by atoms with Gasteiger partial charge in [0.05, 0.1) is 11.6 Å². The van der Waals surface area contributed by atoms with Crippen molar-refractivity contribution in [2.24, 2.45) is 0 Å². The van der Waals surface area contributed by atoms with E-state index in [1.807, 2.05) is 13.8 Å². The Morgan fingerprint density at radius 2 is 2.12 bits per heavy atom. The molecule has 2 heterocycles. The van der Waals surface area contributed by atoms with Gasteiger partial charge in [-0.15, -0.1) is 0 Å². The van der Waals surface area contributed by atoms with Crippen LogP contribution in [-0.2, 0) is 6.54 Å². The summed E-state index contributed by atoms with van der Waals surface area (Å²) in [5.74, 6) is -0.0222. The molecule has 3 rings (SSSR count). The van der Waals surface area contributed by atoms with Crippen LogP contribution in [0.4, 0.5) is 0 Å². The second-order valence-electron chi connectivity index (χ2n) is 5.97. The van der Waals surface area contributed by atoms with Crippen molar-refractivity contribution in [3.63, 3.8) is 0 Å². The molecule has 0 radical (unpaired) electrons. The maximum Gasteiger partial charge on any atom is 0.276 e. The van der Waals surface area contributed by atoms with Crippen LogP contribution in [0.15, 0.2) is 47.4 Å². The van der Waals surface area contributed by atoms with Crippen molar-refractivity contribution in [1.29, 1.82) is 0 Å². The highest BCUT2D eigenvalue weighted by molar-refractivity contribution is 5.95. The van der Waals surface area contributed by atoms with E-state index in [2.05, 4.69) is 20.5 Å². The van der Waals surface area contributed by atoms with E-state index in [0.717, 1.165) is 12.0 Å². The second kappa shape index (κ2) is 7.77. The summed E-state index contributed by atoms with van der Waals surface area (Å²) in [7, 11) is 0. The molecule has 0 spiro atoms. The van der Waals surface area contributed by atoms with Gasteiger partial charge in [-0.25, -0.2) is 4.98 Å². The summed E-state index contributed by atoms with van der Waals surface area (Å²) in [4.78, 5) is 28.9. The van der Waals surface area contributed by atoms with Crippen molar-refractivity contribution >= 4 is 16.8 Å². The third-order valence-electron chi connectivity index (χ3n) is 4.04. The number of hydrogen-bond acceptors (Lipinski definition) is 5. The Labute approximate surface area is 150 Å². The standard InChI is InChI=1S/C19H20N4O3/c1-3-12(2)26-16-10-13(8-9-20-16)11-21-19(25)17-18(24)14-6-4-5-7-15(14)22-23-17/h4-10,12H,3,11H2,1-2H3,(H,21,25)(H,22,24). The number of carbonyl (C=O) groups is 1. The normalized spacial score (nSPS) is 11.9. The van der Waals surface area contributed by atoms with Gasteiger partial charge in [0.1, 0.15) is 0 Å². The van der Waals surface area contributed by atoms with Gasteiger partial charge < -0.3 is 10.1 Å². The fraction of sp³-hybridized carbons (Fsp3) is 0.263. The molecule has 0 bridgehead atoms. The Morgan fingerprint density at radius 3 is 2.92 bits per heavy atom. The number of aromatic amines is 1. The van der Waals surface area contributed by atoms with E-state index in [4.69, 9.17) is 4.74 Å². The minimum atomic E-state index is -0.529. The molecular weight excluding hydrogens is 332 g/mol. The molecule has 26 heavy (non-hydrogen) atoms. The number of hydrogen-bond donors (Lipinski definition) is 2. The lowest BCUT2D eigenvalue weighted by atomic mass is 10.2. The van der Waals surface area contributed by atoms with E-state index in [1.54, 1.807) is 42.6 Å². The van der Waals surface area contributed by atoms with E-state index < -0.39 is 11.3 Å². The zero-order valence-corrected chi connectivity index (χ0v) is 14.7. The van der Waals surface area contributed by atoms with Crippen LogP contribution < -0.4 is 15.5 Å². The van der Waals surface area contributed by atoms with Crippen LogP contribution in [0, 0.1) is 0 Å². The first-order valence-corrected chi connectivity index (χ1v) is 8.45. The first kappa shape index (κ1) is 17.6. The maximum absolute atomic E-state index is 12.4. The highest BCUT2D eigenvalue weighted by Crippen LogP contribution is 2.12. The van der Waals surface area contributed by atoms with Gasteiger partial charge in [0.2, 0.25) is 11.3 Å². The van der Waals surface area contributed by atoms with Crippen molar-refractivity contribution in [3.8, 4) is 5.88 Å². The summed E-state index contributed by atoms with van der Waals surface area (Å²) in [6.07, 6.45) is 2.56. The maximum atomic E-state index is 12.4. The highest BCUT2D eigenvalue weighted by Gasteiger charge is 2.14. The van der Waals surface area contributed by atoms with Crippen LogP contribution in [0.3, 0.4) is 0 Å². The number of amides is 1. The average Bonchev–Trinajstić information content (AvgIpc) is 2.67. The van der Waals surface area contributed by atoms with Crippen molar-refractivity contribution in [3.05, 3.63) is 64.1 Å². The quantitative estimate of drug-likeness (QED) is 0.710. The lowest BCUT2D eigenvalue weighted by Gasteiger charge is -2.12. The van der Waals surface area contributed by atoms with Crippen molar-refractivity contribution in [2.75, 3.05) is 0 Å². The number of nitrogens with one attached hydrogen (secondary N) is 2. The Balaban J connectivity index is 1.72. The number of nitrogens with zero attached hydrogens (tertiary/aromatic N) is 2. The molecule has 0 aliphatic rings. The summed E-state index contributed by atoms with van der Waals surface area (Å²) in [6.45, 7) is 4.24.